The molecule has 2 aromatic heterocycles. The molecule has 2 unspecified atom stereocenters. The van der Waals surface area contributed by atoms with Crippen LogP contribution in [-0.2, 0) is 41.0 Å². The van der Waals surface area contributed by atoms with E-state index < -0.39 is 64.7 Å². The molecule has 2 atom stereocenters. The number of fused-ring (bicyclic) bond motifs is 1. The lowest BCUT2D eigenvalue weighted by Crippen LogP contribution is -2.40. The van der Waals surface area contributed by atoms with E-state index in [9.17, 15) is 35.9 Å². The zero-order valence-electron chi connectivity index (χ0n) is 22.0. The first kappa shape index (κ1) is 28.4. The van der Waals surface area contributed by atoms with Crippen LogP contribution in [0.4, 0.5) is 26.3 Å². The van der Waals surface area contributed by atoms with E-state index in [4.69, 9.17) is 10.5 Å². The van der Waals surface area contributed by atoms with Crippen LogP contribution in [0, 0.1) is 17.5 Å². The molecule has 2 aliphatic rings. The largest absolute Gasteiger partial charge is 0.433 e. The number of benzene rings is 2. The van der Waals surface area contributed by atoms with Crippen molar-refractivity contribution in [1.82, 2.24) is 20.1 Å². The number of hydrogen-bond acceptors (Lipinski definition) is 5. The number of pyridine rings is 1. The van der Waals surface area contributed by atoms with Crippen LogP contribution in [0.2, 0.25) is 0 Å². The Morgan fingerprint density at radius 2 is 1.81 bits per heavy atom. The number of hydrogen-bond donors (Lipinski definition) is 2. The maximum atomic E-state index is 14.3. The van der Waals surface area contributed by atoms with Crippen LogP contribution in [-0.4, -0.2) is 26.6 Å². The van der Waals surface area contributed by atoms with Crippen molar-refractivity contribution in [3.63, 3.8) is 0 Å². The fraction of sp³-hybridized carbons (Fsp3) is 0.241. The standard InChI is InChI=1S/C29H21F6N5O3/c30-16-6-15(7-17(31)9-16)21-10-28(21,25-18(2-1-5-37-25)14-3-4-22(32)19(8-14)27(36)42)38-24(41)11-40-26(29(33,34)35)20-12-43-13-23(20)39-40/h1-9,21H,10-13H2,(H2,36,42)(H,38,41). The minimum atomic E-state index is -4.82. The number of halogens is 6. The van der Waals surface area contributed by atoms with Gasteiger partial charge in [0.1, 0.15) is 29.7 Å². The van der Waals surface area contributed by atoms with E-state index >= 15 is 0 Å². The van der Waals surface area contributed by atoms with Gasteiger partial charge in [-0.2, -0.15) is 18.3 Å². The maximum Gasteiger partial charge on any atom is 0.433 e. The Kier molecular flexibility index (Phi) is 6.75. The molecule has 43 heavy (non-hydrogen) atoms. The third-order valence-corrected chi connectivity index (χ3v) is 7.56. The number of ether oxygens (including phenoxy) is 1. The number of aromatic nitrogens is 3. The number of alkyl halides is 3. The number of rotatable bonds is 7. The van der Waals surface area contributed by atoms with E-state index in [0.29, 0.717) is 21.9 Å². The Balaban J connectivity index is 1.42. The normalized spacial score (nSPS) is 19.3. The van der Waals surface area contributed by atoms with E-state index in [1.807, 2.05) is 0 Å². The molecule has 1 saturated carbocycles. The summed E-state index contributed by atoms with van der Waals surface area (Å²) in [6, 6.07) is 9.58. The quantitative estimate of drug-likeness (QED) is 0.298. The fourth-order valence-electron chi connectivity index (χ4n) is 5.70. The number of carbonyl (C=O) groups excluding carboxylic acids is 2. The van der Waals surface area contributed by atoms with Crippen LogP contribution in [0.5, 0.6) is 0 Å². The van der Waals surface area contributed by atoms with Crippen molar-refractivity contribution in [2.75, 3.05) is 0 Å². The van der Waals surface area contributed by atoms with Gasteiger partial charge in [0.05, 0.1) is 35.7 Å². The molecule has 1 aliphatic heterocycles. The van der Waals surface area contributed by atoms with Gasteiger partial charge in [0, 0.05) is 29.3 Å². The third-order valence-electron chi connectivity index (χ3n) is 7.56. The molecule has 2 amide bonds. The predicted octanol–water partition coefficient (Wildman–Crippen LogP) is 4.71. The first-order chi connectivity index (χ1) is 20.4. The van der Waals surface area contributed by atoms with Gasteiger partial charge in [0.25, 0.3) is 5.91 Å². The van der Waals surface area contributed by atoms with Crippen LogP contribution in [0.3, 0.4) is 0 Å². The first-order valence-corrected chi connectivity index (χ1v) is 12.9. The van der Waals surface area contributed by atoms with E-state index in [2.05, 4.69) is 15.4 Å². The summed E-state index contributed by atoms with van der Waals surface area (Å²) in [5, 5.41) is 6.69. The summed E-state index contributed by atoms with van der Waals surface area (Å²) in [6.07, 6.45) is -3.35. The van der Waals surface area contributed by atoms with Gasteiger partial charge in [-0.05, 0) is 47.9 Å². The summed E-state index contributed by atoms with van der Waals surface area (Å²) >= 11 is 0. The predicted molar refractivity (Wildman–Crippen MR) is 137 cm³/mol. The Hall–Kier alpha value is -4.72. The molecular weight excluding hydrogens is 580 g/mol. The van der Waals surface area contributed by atoms with Crippen molar-refractivity contribution >= 4 is 11.8 Å². The van der Waals surface area contributed by atoms with Gasteiger partial charge < -0.3 is 15.8 Å². The molecule has 0 spiro atoms. The molecule has 2 aromatic carbocycles. The molecular formula is C29H21F6N5O3. The second-order valence-electron chi connectivity index (χ2n) is 10.4. The minimum Gasteiger partial charge on any atom is -0.370 e. The fourth-order valence-corrected chi connectivity index (χ4v) is 5.70. The van der Waals surface area contributed by atoms with Crippen molar-refractivity contribution in [2.45, 2.75) is 43.8 Å². The van der Waals surface area contributed by atoms with Crippen molar-refractivity contribution in [3.8, 4) is 11.1 Å². The first-order valence-electron chi connectivity index (χ1n) is 12.9. The molecule has 1 aliphatic carbocycles. The molecule has 1 fully saturated rings. The van der Waals surface area contributed by atoms with E-state index in [1.165, 1.54) is 18.3 Å². The Bertz CT molecular complexity index is 1770. The van der Waals surface area contributed by atoms with Gasteiger partial charge in [-0.25, -0.2) is 13.2 Å². The Morgan fingerprint density at radius 3 is 2.51 bits per heavy atom. The third kappa shape index (κ3) is 5.11. The van der Waals surface area contributed by atoms with Crippen LogP contribution >= 0.6 is 0 Å². The second kappa shape index (κ2) is 10.2. The molecule has 8 nitrogen and oxygen atoms in total. The molecule has 0 saturated heterocycles. The second-order valence-corrected chi connectivity index (χ2v) is 10.4. The summed E-state index contributed by atoms with van der Waals surface area (Å²) in [5.74, 6) is -5.23. The lowest BCUT2D eigenvalue weighted by molar-refractivity contribution is -0.146. The Labute approximate surface area is 239 Å². The zero-order valence-corrected chi connectivity index (χ0v) is 22.0. The van der Waals surface area contributed by atoms with E-state index in [1.54, 1.807) is 12.1 Å². The number of nitrogens with two attached hydrogens (primary N) is 1. The van der Waals surface area contributed by atoms with Crippen molar-refractivity contribution < 1.29 is 40.7 Å². The lowest BCUT2D eigenvalue weighted by Gasteiger charge is -2.23. The molecule has 14 heteroatoms. The van der Waals surface area contributed by atoms with Crippen molar-refractivity contribution in [2.24, 2.45) is 5.73 Å². The highest BCUT2D eigenvalue weighted by atomic mass is 19.4. The summed E-state index contributed by atoms with van der Waals surface area (Å²) in [5.41, 5.74) is 3.28. The molecule has 0 radical (unpaired) electrons. The van der Waals surface area contributed by atoms with E-state index in [-0.39, 0.29) is 42.1 Å². The van der Waals surface area contributed by atoms with Crippen molar-refractivity contribution in [1.29, 1.82) is 0 Å². The number of nitrogens with zero attached hydrogens (tertiary/aromatic N) is 3. The molecule has 3 N–H and O–H groups in total. The molecule has 6 rings (SSSR count). The summed E-state index contributed by atoms with van der Waals surface area (Å²) < 4.78 is 90.1. The summed E-state index contributed by atoms with van der Waals surface area (Å²) in [6.45, 7) is -1.25. The van der Waals surface area contributed by atoms with Crippen LogP contribution in [0.15, 0.2) is 54.7 Å². The van der Waals surface area contributed by atoms with Gasteiger partial charge in [0.2, 0.25) is 5.91 Å². The van der Waals surface area contributed by atoms with E-state index in [0.717, 1.165) is 18.2 Å². The smallest absolute Gasteiger partial charge is 0.370 e. The van der Waals surface area contributed by atoms with Gasteiger partial charge in [-0.3, -0.25) is 19.3 Å². The minimum absolute atomic E-state index is 0.0722. The van der Waals surface area contributed by atoms with Crippen LogP contribution in [0.1, 0.15) is 50.9 Å². The van der Waals surface area contributed by atoms with Crippen LogP contribution < -0.4 is 11.1 Å². The van der Waals surface area contributed by atoms with Crippen molar-refractivity contribution in [3.05, 3.63) is 106 Å². The Morgan fingerprint density at radius 1 is 1.07 bits per heavy atom. The van der Waals surface area contributed by atoms with Gasteiger partial charge >= 0.3 is 6.18 Å². The molecule has 3 heterocycles. The molecule has 4 aromatic rings. The summed E-state index contributed by atoms with van der Waals surface area (Å²) in [7, 11) is 0. The average molecular weight is 602 g/mol. The van der Waals surface area contributed by atoms with Crippen LogP contribution in [0.25, 0.3) is 11.1 Å². The molecule has 0 bridgehead atoms. The highest BCUT2D eigenvalue weighted by Crippen LogP contribution is 2.59. The SMILES string of the molecule is NC(=O)c1cc(-c2cccnc2C2(NC(=O)Cn3nc4c(c3C(F)(F)F)COC4)CC2c2cc(F)cc(F)c2)ccc1F. The molecule has 222 valence electrons. The van der Waals surface area contributed by atoms with Gasteiger partial charge in [-0.1, -0.05) is 12.1 Å². The number of nitrogens with one attached hydrogen (secondary N) is 1. The maximum absolute atomic E-state index is 14.3. The lowest BCUT2D eigenvalue weighted by atomic mass is 9.94. The monoisotopic (exact) mass is 601 g/mol. The number of carbonyl (C=O) groups is 2. The van der Waals surface area contributed by atoms with Gasteiger partial charge in [0.15, 0.2) is 0 Å². The van der Waals surface area contributed by atoms with Gasteiger partial charge in [-0.15, -0.1) is 0 Å². The zero-order chi connectivity index (χ0) is 30.7. The highest BCUT2D eigenvalue weighted by molar-refractivity contribution is 5.94. The average Bonchev–Trinajstić information content (AvgIpc) is 3.28. The topological polar surface area (TPSA) is 112 Å². The summed E-state index contributed by atoms with van der Waals surface area (Å²) in [4.78, 5) is 29.7. The number of amides is 2. The number of primary amides is 1. The highest BCUT2D eigenvalue weighted by Gasteiger charge is 2.59.